The Balaban J connectivity index is 2.01. The van der Waals surface area contributed by atoms with Gasteiger partial charge in [-0.25, -0.2) is 14.8 Å². The fourth-order valence-electron chi connectivity index (χ4n) is 2.45. The van der Waals surface area contributed by atoms with Gasteiger partial charge in [0.15, 0.2) is 5.69 Å². The number of nitrogens with zero attached hydrogens (tertiary/aromatic N) is 3. The van der Waals surface area contributed by atoms with Crippen LogP contribution < -0.4 is 11.5 Å². The molecule has 1 aliphatic heterocycles. The molecular formula is C15H23N5O3. The number of hydrogen-bond acceptors (Lipinski definition) is 6. The molecular weight excluding hydrogens is 298 g/mol. The van der Waals surface area contributed by atoms with Gasteiger partial charge in [-0.15, -0.1) is 0 Å². The Hall–Kier alpha value is -2.38. The van der Waals surface area contributed by atoms with Crippen molar-refractivity contribution in [2.45, 2.75) is 45.1 Å². The highest BCUT2D eigenvalue weighted by Gasteiger charge is 2.29. The average molecular weight is 321 g/mol. The molecule has 2 amide bonds. The lowest BCUT2D eigenvalue weighted by atomic mass is 9.96. The zero-order valence-electron chi connectivity index (χ0n) is 13.7. The number of ether oxygens (including phenoxy) is 1. The third-order valence-corrected chi connectivity index (χ3v) is 3.58. The predicted octanol–water partition coefficient (Wildman–Crippen LogP) is 1.27. The molecule has 0 spiro atoms. The summed E-state index contributed by atoms with van der Waals surface area (Å²) >= 11 is 0. The SMILES string of the molecule is CC(C)(C)OC(=O)N1CCC(c2ncc(N)c(C(N)=O)n2)CC1. The van der Waals surface area contributed by atoms with Gasteiger partial charge in [-0.3, -0.25) is 4.79 Å². The van der Waals surface area contributed by atoms with E-state index in [0.29, 0.717) is 31.8 Å². The molecule has 0 bridgehead atoms. The summed E-state index contributed by atoms with van der Waals surface area (Å²) in [6, 6.07) is 0. The summed E-state index contributed by atoms with van der Waals surface area (Å²) in [5, 5.41) is 0. The molecule has 0 radical (unpaired) electrons. The minimum atomic E-state index is -0.669. The third kappa shape index (κ3) is 4.30. The first-order valence-electron chi connectivity index (χ1n) is 7.57. The molecule has 0 aliphatic carbocycles. The van der Waals surface area contributed by atoms with Gasteiger partial charge in [0, 0.05) is 19.0 Å². The smallest absolute Gasteiger partial charge is 0.410 e. The Morgan fingerprint density at radius 2 is 1.91 bits per heavy atom. The highest BCUT2D eigenvalue weighted by molar-refractivity contribution is 5.95. The van der Waals surface area contributed by atoms with Crippen molar-refractivity contribution in [2.24, 2.45) is 5.73 Å². The number of carbonyl (C=O) groups excluding carboxylic acids is 2. The quantitative estimate of drug-likeness (QED) is 0.845. The average Bonchev–Trinajstić information content (AvgIpc) is 2.46. The van der Waals surface area contributed by atoms with E-state index in [1.54, 1.807) is 4.90 Å². The van der Waals surface area contributed by atoms with Crippen LogP contribution in [0.2, 0.25) is 0 Å². The normalized spacial score (nSPS) is 16.2. The van der Waals surface area contributed by atoms with Crippen LogP contribution in [0.25, 0.3) is 0 Å². The van der Waals surface area contributed by atoms with Crippen molar-refractivity contribution in [3.63, 3.8) is 0 Å². The summed E-state index contributed by atoms with van der Waals surface area (Å²) in [5.41, 5.74) is 10.6. The van der Waals surface area contributed by atoms with Gasteiger partial charge in [0.1, 0.15) is 11.4 Å². The summed E-state index contributed by atoms with van der Waals surface area (Å²) in [7, 11) is 0. The van der Waals surface area contributed by atoms with E-state index in [-0.39, 0.29) is 23.4 Å². The second-order valence-electron chi connectivity index (χ2n) is 6.64. The summed E-state index contributed by atoms with van der Waals surface area (Å²) in [5.74, 6) is -0.0680. The van der Waals surface area contributed by atoms with Crippen LogP contribution in [0.5, 0.6) is 0 Å². The molecule has 0 unspecified atom stereocenters. The highest BCUT2D eigenvalue weighted by Crippen LogP contribution is 2.27. The summed E-state index contributed by atoms with van der Waals surface area (Å²) in [6.45, 7) is 6.63. The van der Waals surface area contributed by atoms with Crippen LogP contribution in [0, 0.1) is 0 Å². The molecule has 1 aromatic heterocycles. The van der Waals surface area contributed by atoms with E-state index in [0.717, 1.165) is 0 Å². The van der Waals surface area contributed by atoms with Gasteiger partial charge >= 0.3 is 6.09 Å². The van der Waals surface area contributed by atoms with Crippen LogP contribution in [-0.2, 0) is 4.74 Å². The van der Waals surface area contributed by atoms with Gasteiger partial charge < -0.3 is 21.1 Å². The van der Waals surface area contributed by atoms with Crippen LogP contribution in [0.15, 0.2) is 6.20 Å². The first kappa shape index (κ1) is 17.0. The molecule has 8 heteroatoms. The van der Waals surface area contributed by atoms with Crippen molar-refractivity contribution in [3.05, 3.63) is 17.7 Å². The van der Waals surface area contributed by atoms with Crippen LogP contribution in [0.1, 0.15) is 55.8 Å². The van der Waals surface area contributed by atoms with E-state index < -0.39 is 11.5 Å². The molecule has 2 heterocycles. The van der Waals surface area contributed by atoms with Crippen LogP contribution >= 0.6 is 0 Å². The molecule has 126 valence electrons. The molecule has 1 saturated heterocycles. The van der Waals surface area contributed by atoms with Crippen molar-refractivity contribution >= 4 is 17.7 Å². The molecule has 23 heavy (non-hydrogen) atoms. The lowest BCUT2D eigenvalue weighted by molar-refractivity contribution is 0.0203. The number of nitrogens with two attached hydrogens (primary N) is 2. The fraction of sp³-hybridized carbons (Fsp3) is 0.600. The number of amides is 2. The zero-order chi connectivity index (χ0) is 17.2. The number of likely N-dealkylation sites (tertiary alicyclic amines) is 1. The summed E-state index contributed by atoms with van der Waals surface area (Å²) in [4.78, 5) is 33.4. The topological polar surface area (TPSA) is 124 Å². The largest absolute Gasteiger partial charge is 0.444 e. The Morgan fingerprint density at radius 1 is 1.30 bits per heavy atom. The number of rotatable bonds is 2. The van der Waals surface area contributed by atoms with E-state index >= 15 is 0 Å². The number of anilines is 1. The molecule has 0 saturated carbocycles. The Bertz CT molecular complexity index is 604. The van der Waals surface area contributed by atoms with Crippen LogP contribution in [-0.4, -0.2) is 45.6 Å². The molecule has 1 fully saturated rings. The van der Waals surface area contributed by atoms with E-state index in [1.807, 2.05) is 20.8 Å². The van der Waals surface area contributed by atoms with E-state index in [1.165, 1.54) is 6.20 Å². The van der Waals surface area contributed by atoms with Gasteiger partial charge in [0.2, 0.25) is 0 Å². The van der Waals surface area contributed by atoms with Gasteiger partial charge in [0.05, 0.1) is 11.9 Å². The first-order valence-corrected chi connectivity index (χ1v) is 7.57. The molecule has 8 nitrogen and oxygen atoms in total. The van der Waals surface area contributed by atoms with E-state index in [9.17, 15) is 9.59 Å². The second-order valence-corrected chi connectivity index (χ2v) is 6.64. The minimum absolute atomic E-state index is 0.0459. The maximum atomic E-state index is 12.0. The van der Waals surface area contributed by atoms with Crippen molar-refractivity contribution < 1.29 is 14.3 Å². The number of aromatic nitrogens is 2. The number of primary amides is 1. The molecule has 0 aromatic carbocycles. The third-order valence-electron chi connectivity index (χ3n) is 3.58. The van der Waals surface area contributed by atoms with Crippen LogP contribution in [0.3, 0.4) is 0 Å². The lowest BCUT2D eigenvalue weighted by Crippen LogP contribution is -2.41. The highest BCUT2D eigenvalue weighted by atomic mass is 16.6. The molecule has 0 atom stereocenters. The number of piperidine rings is 1. The van der Waals surface area contributed by atoms with E-state index in [4.69, 9.17) is 16.2 Å². The van der Waals surface area contributed by atoms with Crippen LogP contribution in [0.4, 0.5) is 10.5 Å². The number of carbonyl (C=O) groups is 2. The summed E-state index contributed by atoms with van der Waals surface area (Å²) in [6.07, 6.45) is 2.48. The summed E-state index contributed by atoms with van der Waals surface area (Å²) < 4.78 is 5.36. The number of nitrogen functional groups attached to an aromatic ring is 1. The van der Waals surface area contributed by atoms with E-state index in [2.05, 4.69) is 9.97 Å². The van der Waals surface area contributed by atoms with Gasteiger partial charge in [-0.1, -0.05) is 0 Å². The Labute approximate surface area is 135 Å². The van der Waals surface area contributed by atoms with Crippen molar-refractivity contribution in [3.8, 4) is 0 Å². The molecule has 1 aromatic rings. The Kier molecular flexibility index (Phi) is 4.72. The monoisotopic (exact) mass is 321 g/mol. The standard InChI is InChI=1S/C15H23N5O3/c1-15(2,3)23-14(22)20-6-4-9(5-7-20)13-18-8-10(16)11(19-13)12(17)21/h8-9H,4-7,16H2,1-3H3,(H2,17,21). The van der Waals surface area contributed by atoms with Gasteiger partial charge in [-0.05, 0) is 33.6 Å². The van der Waals surface area contributed by atoms with Crippen molar-refractivity contribution in [1.29, 1.82) is 0 Å². The number of hydrogen-bond donors (Lipinski definition) is 2. The van der Waals surface area contributed by atoms with Gasteiger partial charge in [0.25, 0.3) is 5.91 Å². The zero-order valence-corrected chi connectivity index (χ0v) is 13.7. The molecule has 1 aliphatic rings. The molecule has 4 N–H and O–H groups in total. The fourth-order valence-corrected chi connectivity index (χ4v) is 2.45. The minimum Gasteiger partial charge on any atom is -0.444 e. The van der Waals surface area contributed by atoms with Crippen molar-refractivity contribution in [1.82, 2.24) is 14.9 Å². The first-order chi connectivity index (χ1) is 10.7. The maximum Gasteiger partial charge on any atom is 0.410 e. The second kappa shape index (κ2) is 6.39. The predicted molar refractivity (Wildman–Crippen MR) is 84.7 cm³/mol. The van der Waals surface area contributed by atoms with Crippen molar-refractivity contribution in [2.75, 3.05) is 18.8 Å². The molecule has 2 rings (SSSR count). The lowest BCUT2D eigenvalue weighted by Gasteiger charge is -2.33. The van der Waals surface area contributed by atoms with Gasteiger partial charge in [-0.2, -0.15) is 0 Å². The maximum absolute atomic E-state index is 12.0. The Morgan fingerprint density at radius 3 is 2.43 bits per heavy atom.